The first-order valence-electron chi connectivity index (χ1n) is 16.4. The van der Waals surface area contributed by atoms with E-state index in [0.717, 1.165) is 49.4 Å². The molecule has 222 valence electrons. The summed E-state index contributed by atoms with van der Waals surface area (Å²) in [5.74, 6) is 0. The second-order valence-electron chi connectivity index (χ2n) is 12.8. The predicted octanol–water partition coefficient (Wildman–Crippen LogP) is 13.4. The fraction of sp³-hybridized carbons (Fsp3) is 0. The summed E-state index contributed by atoms with van der Waals surface area (Å²) >= 11 is 0. The zero-order valence-electron chi connectivity index (χ0n) is 25.8. The largest absolute Gasteiger partial charge is 0.452 e. The lowest BCUT2D eigenvalue weighted by Crippen LogP contribution is -1.91. The molecule has 2 nitrogen and oxygen atoms in total. The van der Waals surface area contributed by atoms with Gasteiger partial charge in [0.1, 0.15) is 11.2 Å². The summed E-state index contributed by atoms with van der Waals surface area (Å²) in [4.78, 5) is 0. The monoisotopic (exact) mass is 610 g/mol. The Labute approximate surface area is 275 Å². The predicted molar refractivity (Wildman–Crippen MR) is 202 cm³/mol. The molecule has 9 aromatic carbocycles. The van der Waals surface area contributed by atoms with Crippen molar-refractivity contribution in [2.75, 3.05) is 0 Å². The smallest absolute Gasteiger partial charge is 0.179 e. The first-order chi connectivity index (χ1) is 23.8. The van der Waals surface area contributed by atoms with E-state index in [4.69, 9.17) is 8.83 Å². The third-order valence-corrected chi connectivity index (χ3v) is 10.2. The van der Waals surface area contributed by atoms with E-state index in [1.54, 1.807) is 0 Å². The van der Waals surface area contributed by atoms with Gasteiger partial charge >= 0.3 is 0 Å². The molecule has 0 aliphatic carbocycles. The van der Waals surface area contributed by atoms with Crippen molar-refractivity contribution >= 4 is 87.0 Å². The molecule has 0 atom stereocenters. The highest BCUT2D eigenvalue weighted by atomic mass is 16.4. The number of hydrogen-bond donors (Lipinski definition) is 0. The highest BCUT2D eigenvalue weighted by Crippen LogP contribution is 2.47. The molecule has 11 rings (SSSR count). The van der Waals surface area contributed by atoms with Gasteiger partial charge in [-0.15, -0.1) is 0 Å². The minimum atomic E-state index is 0.799. The lowest BCUT2D eigenvalue weighted by Gasteiger charge is -2.18. The molecule has 0 amide bonds. The second kappa shape index (κ2) is 9.57. The average Bonchev–Trinajstić information content (AvgIpc) is 3.73. The van der Waals surface area contributed by atoms with Crippen molar-refractivity contribution in [1.82, 2.24) is 0 Å². The third kappa shape index (κ3) is 3.46. The Bertz CT molecular complexity index is 3060. The van der Waals surface area contributed by atoms with Crippen molar-refractivity contribution in [3.8, 4) is 22.3 Å². The molecular formula is C46H26O2. The van der Waals surface area contributed by atoms with Crippen LogP contribution in [0.1, 0.15) is 0 Å². The molecule has 0 spiro atoms. The molecule has 0 saturated heterocycles. The van der Waals surface area contributed by atoms with Crippen LogP contribution in [-0.4, -0.2) is 0 Å². The number of hydrogen-bond acceptors (Lipinski definition) is 2. The van der Waals surface area contributed by atoms with Gasteiger partial charge in [-0.1, -0.05) is 133 Å². The van der Waals surface area contributed by atoms with Gasteiger partial charge in [-0.2, -0.15) is 0 Å². The zero-order chi connectivity index (χ0) is 31.3. The molecule has 0 saturated carbocycles. The Morgan fingerprint density at radius 3 is 1.35 bits per heavy atom. The minimum absolute atomic E-state index is 0.799. The Morgan fingerprint density at radius 1 is 0.292 bits per heavy atom. The van der Waals surface area contributed by atoms with E-state index in [1.165, 1.54) is 59.8 Å². The highest BCUT2D eigenvalue weighted by molar-refractivity contribution is 6.33. The first kappa shape index (κ1) is 25.8. The number of para-hydroxylation sites is 1. The van der Waals surface area contributed by atoms with Crippen molar-refractivity contribution in [2.24, 2.45) is 0 Å². The van der Waals surface area contributed by atoms with Crippen LogP contribution < -0.4 is 0 Å². The second-order valence-corrected chi connectivity index (χ2v) is 12.8. The Morgan fingerprint density at radius 2 is 0.729 bits per heavy atom. The maximum Gasteiger partial charge on any atom is 0.179 e. The summed E-state index contributed by atoms with van der Waals surface area (Å²) in [5.41, 5.74) is 8.16. The number of benzene rings is 9. The summed E-state index contributed by atoms with van der Waals surface area (Å²) in [5, 5.41) is 14.2. The molecule has 48 heavy (non-hydrogen) atoms. The van der Waals surface area contributed by atoms with E-state index in [9.17, 15) is 0 Å². The topological polar surface area (TPSA) is 26.3 Å². The van der Waals surface area contributed by atoms with Crippen molar-refractivity contribution < 1.29 is 8.83 Å². The quantitative estimate of drug-likeness (QED) is 0.182. The van der Waals surface area contributed by atoms with Crippen LogP contribution in [0.2, 0.25) is 0 Å². The van der Waals surface area contributed by atoms with Crippen LogP contribution in [-0.2, 0) is 0 Å². The third-order valence-electron chi connectivity index (χ3n) is 10.2. The van der Waals surface area contributed by atoms with Crippen LogP contribution in [0.5, 0.6) is 0 Å². The van der Waals surface area contributed by atoms with E-state index < -0.39 is 0 Å². The Balaban J connectivity index is 1.22. The van der Waals surface area contributed by atoms with Gasteiger partial charge in [-0.25, -0.2) is 0 Å². The summed E-state index contributed by atoms with van der Waals surface area (Å²) in [7, 11) is 0. The Hall–Kier alpha value is -6.38. The average molecular weight is 611 g/mol. The normalized spacial score (nSPS) is 12.2. The van der Waals surface area contributed by atoms with Crippen LogP contribution in [0.15, 0.2) is 167 Å². The number of furan rings is 2. The first-order valence-corrected chi connectivity index (χ1v) is 16.4. The SMILES string of the molecule is c1ccc2cc(-c3c4ccccc4c(-c4ccc5c(c4)oc4c6oc7ccccc7c6c6ccccc6c54)c4ccccc34)ccc2c1. The van der Waals surface area contributed by atoms with E-state index in [2.05, 4.69) is 146 Å². The van der Waals surface area contributed by atoms with Crippen molar-refractivity contribution in [1.29, 1.82) is 0 Å². The molecular weight excluding hydrogens is 585 g/mol. The van der Waals surface area contributed by atoms with Crippen molar-refractivity contribution in [3.63, 3.8) is 0 Å². The Kier molecular flexibility index (Phi) is 5.14. The van der Waals surface area contributed by atoms with E-state index in [1.807, 2.05) is 12.1 Å². The summed E-state index contributed by atoms with van der Waals surface area (Å²) in [6.45, 7) is 0. The number of fused-ring (bicyclic) bond motifs is 13. The molecule has 0 aliphatic rings. The van der Waals surface area contributed by atoms with Crippen molar-refractivity contribution in [3.05, 3.63) is 158 Å². The van der Waals surface area contributed by atoms with Gasteiger partial charge in [0.15, 0.2) is 11.2 Å². The van der Waals surface area contributed by atoms with Crippen LogP contribution in [0.25, 0.3) is 109 Å². The number of rotatable bonds is 2. The van der Waals surface area contributed by atoms with E-state index in [-0.39, 0.29) is 0 Å². The fourth-order valence-electron chi connectivity index (χ4n) is 8.17. The fourth-order valence-corrected chi connectivity index (χ4v) is 8.17. The van der Waals surface area contributed by atoms with Gasteiger partial charge in [0.25, 0.3) is 0 Å². The summed E-state index contributed by atoms with van der Waals surface area (Å²) < 4.78 is 13.4. The van der Waals surface area contributed by atoms with Crippen LogP contribution in [0.4, 0.5) is 0 Å². The molecule has 2 heteroatoms. The molecule has 0 radical (unpaired) electrons. The lowest BCUT2D eigenvalue weighted by molar-refractivity contribution is 0.634. The molecule has 0 unspecified atom stereocenters. The maximum absolute atomic E-state index is 6.83. The van der Waals surface area contributed by atoms with Gasteiger partial charge in [0.2, 0.25) is 0 Å². The molecule has 0 bridgehead atoms. The van der Waals surface area contributed by atoms with Gasteiger partial charge < -0.3 is 8.83 Å². The van der Waals surface area contributed by atoms with Crippen molar-refractivity contribution in [2.45, 2.75) is 0 Å². The van der Waals surface area contributed by atoms with E-state index in [0.29, 0.717) is 0 Å². The van der Waals surface area contributed by atoms with Gasteiger partial charge in [-0.05, 0) is 89.6 Å². The minimum Gasteiger partial charge on any atom is -0.452 e. The molecule has 0 N–H and O–H groups in total. The molecule has 11 aromatic rings. The van der Waals surface area contributed by atoms with E-state index >= 15 is 0 Å². The van der Waals surface area contributed by atoms with Crippen LogP contribution in [0.3, 0.4) is 0 Å². The highest BCUT2D eigenvalue weighted by Gasteiger charge is 2.22. The molecule has 0 aliphatic heterocycles. The molecule has 2 aromatic heterocycles. The zero-order valence-corrected chi connectivity index (χ0v) is 25.8. The lowest BCUT2D eigenvalue weighted by atomic mass is 9.85. The van der Waals surface area contributed by atoms with Gasteiger partial charge in [0, 0.05) is 21.5 Å². The summed E-state index contributed by atoms with van der Waals surface area (Å²) in [6, 6.07) is 56.7. The van der Waals surface area contributed by atoms with Crippen LogP contribution >= 0.6 is 0 Å². The molecule has 2 heterocycles. The van der Waals surface area contributed by atoms with Gasteiger partial charge in [0.05, 0.1) is 0 Å². The van der Waals surface area contributed by atoms with Crippen LogP contribution in [0, 0.1) is 0 Å². The summed E-state index contributed by atoms with van der Waals surface area (Å²) in [6.07, 6.45) is 0. The molecule has 0 fully saturated rings. The van der Waals surface area contributed by atoms with Gasteiger partial charge in [-0.3, -0.25) is 0 Å². The standard InChI is InChI=1S/C46H26O2/c1-2-12-28-25-29(22-21-27(28)11-1)41-31-13-3-5-15-33(31)42(34-16-6-4-14-32(34)41)30-23-24-38-40(26-30)48-46-44(38)36-18-8-7-17-35(36)43-37-19-9-10-20-39(37)47-45(43)46/h1-26H. The maximum atomic E-state index is 6.83.